The molecule has 2 heteroatoms. The second-order valence-corrected chi connectivity index (χ2v) is 2.78. The molecule has 0 amide bonds. The zero-order valence-corrected chi connectivity index (χ0v) is 5.92. The van der Waals surface area contributed by atoms with Crippen molar-refractivity contribution in [2.45, 2.75) is 31.8 Å². The van der Waals surface area contributed by atoms with E-state index in [2.05, 4.69) is 4.99 Å². The van der Waals surface area contributed by atoms with Crippen LogP contribution in [0, 0.1) is 0 Å². The van der Waals surface area contributed by atoms with Crippen LogP contribution in [0.15, 0.2) is 12.5 Å². The van der Waals surface area contributed by atoms with Gasteiger partial charge in [-0.1, -0.05) is 0 Å². The van der Waals surface area contributed by atoms with E-state index in [0.29, 0.717) is 6.10 Å². The number of aliphatic imine (C=N–C) groups is 1. The fraction of sp³-hybridized carbons (Fsp3) is 0.625. The van der Waals surface area contributed by atoms with Crippen LogP contribution in [0.3, 0.4) is 0 Å². The lowest BCUT2D eigenvalue weighted by molar-refractivity contribution is 0.174. The van der Waals surface area contributed by atoms with Crippen LogP contribution in [0.5, 0.6) is 0 Å². The van der Waals surface area contributed by atoms with E-state index in [4.69, 9.17) is 4.74 Å². The number of hydrogen-bond donors (Lipinski definition) is 0. The summed E-state index contributed by atoms with van der Waals surface area (Å²) in [5, 5.41) is 0. The minimum absolute atomic E-state index is 0.318. The van der Waals surface area contributed by atoms with Gasteiger partial charge in [0.05, 0.1) is 4.99 Å². The quantitative estimate of drug-likeness (QED) is 0.492. The Morgan fingerprint density at radius 1 is 1.50 bits per heavy atom. The van der Waals surface area contributed by atoms with E-state index in [0.717, 1.165) is 12.8 Å². The molecule has 2 rings (SSSR count). The first-order valence-corrected chi connectivity index (χ1v) is 3.84. The van der Waals surface area contributed by atoms with Crippen molar-refractivity contribution in [3.63, 3.8) is 0 Å². The summed E-state index contributed by atoms with van der Waals surface area (Å²) in [6.45, 7) is 0. The van der Waals surface area contributed by atoms with Crippen molar-refractivity contribution in [1.29, 1.82) is 0 Å². The van der Waals surface area contributed by atoms with Gasteiger partial charge in [-0.05, 0) is 19.3 Å². The van der Waals surface area contributed by atoms with Gasteiger partial charge in [0.25, 0.3) is 11.9 Å². The summed E-state index contributed by atoms with van der Waals surface area (Å²) >= 11 is 0. The fourth-order valence-electron chi connectivity index (χ4n) is 1.51. The first-order valence-electron chi connectivity index (χ1n) is 3.84. The molecule has 2 nitrogen and oxygen atoms in total. The Morgan fingerprint density at radius 3 is 3.40 bits per heavy atom. The van der Waals surface area contributed by atoms with Gasteiger partial charge in [-0.2, -0.15) is 0 Å². The molecule has 0 aromatic rings. The molecule has 1 radical (unpaired) electrons. The summed E-state index contributed by atoms with van der Waals surface area (Å²) in [6, 6.07) is 0. The molecule has 1 aliphatic carbocycles. The molecule has 1 fully saturated rings. The molecule has 1 atom stereocenters. The Balaban J connectivity index is 2.14. The van der Waals surface area contributed by atoms with E-state index < -0.39 is 0 Å². The molecule has 0 bridgehead atoms. The molecule has 53 valence electrons. The van der Waals surface area contributed by atoms with Gasteiger partial charge in [0, 0.05) is 6.42 Å². The van der Waals surface area contributed by atoms with Gasteiger partial charge >= 0.3 is 0 Å². The molecule has 1 heterocycles. The smallest absolute Gasteiger partial charge is 0.276 e. The highest BCUT2D eigenvalue weighted by atomic mass is 16.5. The van der Waals surface area contributed by atoms with Gasteiger partial charge < -0.3 is 4.74 Å². The predicted molar refractivity (Wildman–Crippen MR) is 39.6 cm³/mol. The second kappa shape index (κ2) is 2.45. The first kappa shape index (κ1) is 5.96. The zero-order valence-electron chi connectivity index (χ0n) is 5.92. The van der Waals surface area contributed by atoms with Gasteiger partial charge in [0.2, 0.25) is 0 Å². The minimum Gasteiger partial charge on any atom is -0.481 e. The molecule has 1 aliphatic heterocycles. The van der Waals surface area contributed by atoms with Gasteiger partial charge in [-0.3, -0.25) is 0 Å². The molecule has 10 heavy (non-hydrogen) atoms. The summed E-state index contributed by atoms with van der Waals surface area (Å²) in [7, 11) is 0. The average molecular weight is 137 g/mol. The summed E-state index contributed by atoms with van der Waals surface area (Å²) in [5.74, 6) is 0. The predicted octanol–water partition coefficient (Wildman–Crippen LogP) is 1.21. The third-order valence-electron chi connectivity index (χ3n) is 2.06. The van der Waals surface area contributed by atoms with Crippen LogP contribution >= 0.6 is 0 Å². The Hall–Kier alpha value is -0.790. The number of ether oxygens (including phenoxy) is 1. The fourth-order valence-corrected chi connectivity index (χ4v) is 1.51. The molecular formula is C8H11NO+. The molecule has 0 N–H and O–H groups in total. The maximum atomic E-state index is 5.37. The normalized spacial score (nSPS) is 30.4. The molecule has 0 spiro atoms. The van der Waals surface area contributed by atoms with Crippen LogP contribution in [-0.2, 0) is 4.74 Å². The topological polar surface area (TPSA) is 23.3 Å². The van der Waals surface area contributed by atoms with Gasteiger partial charge in [-0.25, -0.2) is 0 Å². The molecule has 1 unspecified atom stereocenters. The van der Waals surface area contributed by atoms with E-state index in [-0.39, 0.29) is 0 Å². The molecular weight excluding hydrogens is 126 g/mol. The van der Waals surface area contributed by atoms with E-state index in [1.807, 2.05) is 0 Å². The van der Waals surface area contributed by atoms with Crippen LogP contribution in [0.2, 0.25) is 0 Å². The summed E-state index contributed by atoms with van der Waals surface area (Å²) in [5.41, 5.74) is 1.24. The Morgan fingerprint density at radius 2 is 2.50 bits per heavy atom. The van der Waals surface area contributed by atoms with E-state index >= 15 is 0 Å². The molecule has 0 aromatic heterocycles. The summed E-state index contributed by atoms with van der Waals surface area (Å²) in [4.78, 5) is 4.26. The van der Waals surface area contributed by atoms with Crippen LogP contribution in [0.4, 0.5) is 0 Å². The number of nitrogens with zero attached hydrogens (tertiary/aromatic N) is 1. The Labute approximate surface area is 60.6 Å². The SMILES string of the molecule is C1=COC2CCCCC2=[N+]1. The third kappa shape index (κ3) is 0.939. The highest BCUT2D eigenvalue weighted by molar-refractivity contribution is 5.89. The van der Waals surface area contributed by atoms with Gasteiger partial charge in [0.1, 0.15) is 0 Å². The molecule has 0 aromatic carbocycles. The highest BCUT2D eigenvalue weighted by Gasteiger charge is 2.30. The van der Waals surface area contributed by atoms with Crippen LogP contribution < -0.4 is 4.99 Å². The Kier molecular flexibility index (Phi) is 1.46. The van der Waals surface area contributed by atoms with E-state index in [1.54, 1.807) is 12.5 Å². The standard InChI is InChI=1S/C8H11NO/c1-2-4-8-7(3-1)9-5-6-10-8/h5-6,8H,1-4H2/q+1. The van der Waals surface area contributed by atoms with Crippen molar-refractivity contribution in [2.24, 2.45) is 0 Å². The van der Waals surface area contributed by atoms with Crippen molar-refractivity contribution >= 4 is 5.71 Å². The molecule has 0 saturated heterocycles. The lowest BCUT2D eigenvalue weighted by Crippen LogP contribution is -2.31. The van der Waals surface area contributed by atoms with Crippen molar-refractivity contribution in [2.75, 3.05) is 0 Å². The van der Waals surface area contributed by atoms with Crippen molar-refractivity contribution in [1.82, 2.24) is 4.99 Å². The first-order chi connectivity index (χ1) is 4.97. The maximum Gasteiger partial charge on any atom is 0.276 e. The van der Waals surface area contributed by atoms with Crippen molar-refractivity contribution in [3.8, 4) is 0 Å². The Bertz CT molecular complexity index is 184. The largest absolute Gasteiger partial charge is 0.481 e. The minimum atomic E-state index is 0.318. The number of fused-ring (bicyclic) bond motifs is 1. The lowest BCUT2D eigenvalue weighted by atomic mass is 9.95. The average Bonchev–Trinajstić information content (AvgIpc) is 2.05. The van der Waals surface area contributed by atoms with Crippen molar-refractivity contribution < 1.29 is 4.74 Å². The van der Waals surface area contributed by atoms with Gasteiger partial charge in [-0.15, -0.1) is 0 Å². The van der Waals surface area contributed by atoms with E-state index in [1.165, 1.54) is 18.6 Å². The van der Waals surface area contributed by atoms with Crippen LogP contribution in [-0.4, -0.2) is 11.8 Å². The zero-order chi connectivity index (χ0) is 6.81. The van der Waals surface area contributed by atoms with Gasteiger partial charge in [0.15, 0.2) is 12.4 Å². The highest BCUT2D eigenvalue weighted by Crippen LogP contribution is 2.18. The monoisotopic (exact) mass is 137 g/mol. The van der Waals surface area contributed by atoms with Crippen molar-refractivity contribution in [3.05, 3.63) is 12.5 Å². The summed E-state index contributed by atoms with van der Waals surface area (Å²) in [6.07, 6.45) is 8.62. The summed E-state index contributed by atoms with van der Waals surface area (Å²) < 4.78 is 5.37. The number of rotatable bonds is 0. The van der Waals surface area contributed by atoms with Crippen LogP contribution in [0.25, 0.3) is 0 Å². The lowest BCUT2D eigenvalue weighted by Gasteiger charge is -2.18. The second-order valence-electron chi connectivity index (χ2n) is 2.78. The maximum absolute atomic E-state index is 5.37. The third-order valence-corrected chi connectivity index (χ3v) is 2.06. The van der Waals surface area contributed by atoms with Crippen LogP contribution in [0.1, 0.15) is 25.7 Å². The molecule has 1 saturated carbocycles. The molecule has 2 aliphatic rings. The van der Waals surface area contributed by atoms with E-state index in [9.17, 15) is 0 Å². The number of hydrogen-bond acceptors (Lipinski definition) is 2.